The van der Waals surface area contributed by atoms with Crippen LogP contribution >= 0.6 is 0 Å². The van der Waals surface area contributed by atoms with Crippen molar-refractivity contribution in [1.82, 2.24) is 0 Å². The lowest BCUT2D eigenvalue weighted by molar-refractivity contribution is -0.208. The highest BCUT2D eigenvalue weighted by atomic mass is 28.4. The third-order valence-corrected chi connectivity index (χ3v) is 12.6. The van der Waals surface area contributed by atoms with Gasteiger partial charge in [0.05, 0.1) is 38.1 Å². The molecule has 7 rings (SSSR count). The van der Waals surface area contributed by atoms with Crippen molar-refractivity contribution in [2.24, 2.45) is 17.3 Å². The zero-order chi connectivity index (χ0) is 29.6. The molecule has 5 fully saturated rings. The molecule has 1 N–H and O–H groups in total. The molecule has 0 aromatic heterocycles. The fourth-order valence-electron chi connectivity index (χ4n) is 9.90. The van der Waals surface area contributed by atoms with Crippen molar-refractivity contribution in [2.75, 3.05) is 26.4 Å². The molecule has 42 heavy (non-hydrogen) atoms. The topological polar surface area (TPSA) is 90.2 Å². The van der Waals surface area contributed by atoms with E-state index in [0.29, 0.717) is 51.1 Å². The van der Waals surface area contributed by atoms with Crippen LogP contribution in [0.1, 0.15) is 82.3 Å². The van der Waals surface area contributed by atoms with E-state index in [-0.39, 0.29) is 11.3 Å². The van der Waals surface area contributed by atoms with E-state index in [9.17, 15) is 10.4 Å². The summed E-state index contributed by atoms with van der Waals surface area (Å²) in [6.45, 7) is 13.3. The van der Waals surface area contributed by atoms with Gasteiger partial charge in [-0.1, -0.05) is 36.8 Å². The number of fused-ring (bicyclic) bond motifs is 4. The van der Waals surface area contributed by atoms with Crippen molar-refractivity contribution in [2.45, 2.75) is 114 Å². The van der Waals surface area contributed by atoms with Gasteiger partial charge in [0.15, 0.2) is 19.9 Å². The lowest BCUT2D eigenvalue weighted by atomic mass is 9.49. The molecule has 7 nitrogen and oxygen atoms in total. The van der Waals surface area contributed by atoms with Crippen LogP contribution in [0.2, 0.25) is 19.6 Å². The van der Waals surface area contributed by atoms with E-state index in [0.717, 1.165) is 44.1 Å². The monoisotopic (exact) mass is 593 g/mol. The summed E-state index contributed by atoms with van der Waals surface area (Å²) in [6, 6.07) is 11.5. The van der Waals surface area contributed by atoms with E-state index in [1.165, 1.54) is 16.7 Å². The molecule has 6 atom stereocenters. The minimum atomic E-state index is -2.00. The fraction of sp³-hybridized carbons (Fsp3) is 0.735. The Morgan fingerprint density at radius 2 is 1.60 bits per heavy atom. The van der Waals surface area contributed by atoms with E-state index in [4.69, 9.17) is 23.4 Å². The van der Waals surface area contributed by atoms with Gasteiger partial charge in [0.25, 0.3) is 0 Å². The van der Waals surface area contributed by atoms with Gasteiger partial charge >= 0.3 is 0 Å². The van der Waals surface area contributed by atoms with Crippen LogP contribution in [0.25, 0.3) is 0 Å². The van der Waals surface area contributed by atoms with Gasteiger partial charge < -0.3 is 28.5 Å². The van der Waals surface area contributed by atoms with E-state index in [1.54, 1.807) is 0 Å². The highest BCUT2D eigenvalue weighted by Crippen LogP contribution is 2.69. The van der Waals surface area contributed by atoms with Crippen LogP contribution in [0.3, 0.4) is 0 Å². The van der Waals surface area contributed by atoms with Crippen LogP contribution in [0.4, 0.5) is 0 Å². The molecule has 1 spiro atoms. The summed E-state index contributed by atoms with van der Waals surface area (Å²) in [4.78, 5) is 0. The van der Waals surface area contributed by atoms with E-state index in [2.05, 4.69) is 56.9 Å². The third kappa shape index (κ3) is 4.34. The summed E-state index contributed by atoms with van der Waals surface area (Å²) in [6.07, 6.45) is 6.30. The third-order valence-electron chi connectivity index (χ3n) is 11.7. The Balaban J connectivity index is 1.34. The Morgan fingerprint density at radius 1 is 0.929 bits per heavy atom. The van der Waals surface area contributed by atoms with Gasteiger partial charge in [0.2, 0.25) is 0 Å². The summed E-state index contributed by atoms with van der Waals surface area (Å²) >= 11 is 0. The highest BCUT2D eigenvalue weighted by molar-refractivity contribution is 6.69. The number of nitriles is 1. The normalized spacial score (nSPS) is 40.5. The standard InChI is InChI=1S/C34H47NO6Si/c1-30-20-26(23-6-8-24(9-7-23)31(2)37-16-17-38-31)29-25(27(30)11-14-33(30,22-35)41-42(3,4)5)10-13-32(36)21-34(15-12-28(29)32)39-18-19-40-34/h6-9,25-27,36H,10-21H2,1-5H3/t25-,26+,27-,30-,32+,33+/m0/s1. The molecule has 4 aliphatic carbocycles. The lowest BCUT2D eigenvalue weighted by Crippen LogP contribution is -2.57. The Bertz CT molecular complexity index is 1300. The molecule has 0 bridgehead atoms. The Hall–Kier alpha value is -1.57. The second kappa shape index (κ2) is 9.71. The van der Waals surface area contributed by atoms with Crippen molar-refractivity contribution < 1.29 is 28.5 Å². The van der Waals surface area contributed by atoms with Crippen molar-refractivity contribution in [3.63, 3.8) is 0 Å². The number of hydrogen-bond acceptors (Lipinski definition) is 7. The molecule has 3 saturated carbocycles. The van der Waals surface area contributed by atoms with Crippen LogP contribution < -0.4 is 0 Å². The highest BCUT2D eigenvalue weighted by Gasteiger charge is 2.66. The molecule has 2 heterocycles. The number of rotatable bonds is 4. The minimum absolute atomic E-state index is 0.0980. The molecule has 8 heteroatoms. The molecule has 0 radical (unpaired) electrons. The van der Waals surface area contributed by atoms with E-state index < -0.39 is 31.1 Å². The van der Waals surface area contributed by atoms with Gasteiger partial charge in [0, 0.05) is 29.7 Å². The Labute approximate surface area is 251 Å². The fourth-order valence-corrected chi connectivity index (χ4v) is 11.3. The Morgan fingerprint density at radius 3 is 2.24 bits per heavy atom. The molecular formula is C34H47NO6Si. The van der Waals surface area contributed by atoms with Gasteiger partial charge in [-0.25, -0.2) is 0 Å². The summed E-state index contributed by atoms with van der Waals surface area (Å²) in [7, 11) is -2.00. The van der Waals surface area contributed by atoms with Gasteiger partial charge in [-0.05, 0) is 88.1 Å². The number of aliphatic hydroxyl groups is 1. The summed E-state index contributed by atoms with van der Waals surface area (Å²) in [5.41, 5.74) is 2.90. The van der Waals surface area contributed by atoms with Gasteiger partial charge in [-0.2, -0.15) is 5.26 Å². The number of hydrogen-bond donors (Lipinski definition) is 1. The maximum atomic E-state index is 12.3. The van der Waals surface area contributed by atoms with E-state index >= 15 is 0 Å². The van der Waals surface area contributed by atoms with Crippen LogP contribution in [-0.4, -0.2) is 56.8 Å². The van der Waals surface area contributed by atoms with Crippen LogP contribution in [0.15, 0.2) is 35.4 Å². The van der Waals surface area contributed by atoms with Crippen molar-refractivity contribution in [3.8, 4) is 6.07 Å². The summed E-state index contributed by atoms with van der Waals surface area (Å²) in [5, 5.41) is 23.1. The second-order valence-electron chi connectivity index (χ2n) is 15.1. The van der Waals surface area contributed by atoms with Crippen LogP contribution in [0, 0.1) is 28.6 Å². The molecule has 1 aromatic rings. The number of ether oxygens (including phenoxy) is 4. The van der Waals surface area contributed by atoms with Crippen molar-refractivity contribution in [1.29, 1.82) is 5.26 Å². The number of nitrogens with zero attached hydrogens (tertiary/aromatic N) is 1. The first-order chi connectivity index (χ1) is 19.9. The molecule has 0 amide bonds. The Kier molecular flexibility index (Phi) is 6.74. The summed E-state index contributed by atoms with van der Waals surface area (Å²) < 4.78 is 31.0. The van der Waals surface area contributed by atoms with Crippen molar-refractivity contribution >= 4 is 8.32 Å². The van der Waals surface area contributed by atoms with Crippen molar-refractivity contribution in [3.05, 3.63) is 46.5 Å². The van der Waals surface area contributed by atoms with Crippen LogP contribution in [0.5, 0.6) is 0 Å². The first-order valence-corrected chi connectivity index (χ1v) is 19.5. The summed E-state index contributed by atoms with van der Waals surface area (Å²) in [5.74, 6) is -0.603. The van der Waals surface area contributed by atoms with E-state index in [1.807, 2.05) is 6.92 Å². The first-order valence-electron chi connectivity index (χ1n) is 16.1. The average molecular weight is 594 g/mol. The number of allylic oxidation sites excluding steroid dienone is 1. The molecule has 6 aliphatic rings. The average Bonchev–Trinajstić information content (AvgIpc) is 3.66. The smallest absolute Gasteiger partial charge is 0.192 e. The van der Waals surface area contributed by atoms with Crippen LogP contribution in [-0.2, 0) is 29.2 Å². The minimum Gasteiger partial charge on any atom is -0.399 e. The van der Waals surface area contributed by atoms with Gasteiger partial charge in [-0.3, -0.25) is 0 Å². The molecule has 0 unspecified atom stereocenters. The SMILES string of the molecule is CC1(c2ccc([C@H]3C[C@@]4(C)[C@@H](CC[C@]4(C#N)O[Si](C)(C)C)[C@@H]4CC[C@@]5(O)CC6(CCC5=C43)OCCO6)cc2)OCCO1. The molecule has 228 valence electrons. The zero-order valence-electron chi connectivity index (χ0n) is 26.0. The second-order valence-corrected chi connectivity index (χ2v) is 19.6. The largest absolute Gasteiger partial charge is 0.399 e. The lowest BCUT2D eigenvalue weighted by Gasteiger charge is -2.57. The molecule has 2 saturated heterocycles. The molecular weight excluding hydrogens is 546 g/mol. The number of benzene rings is 1. The molecule has 2 aliphatic heterocycles. The first kappa shape index (κ1) is 29.2. The maximum absolute atomic E-state index is 12.3. The van der Waals surface area contributed by atoms with Gasteiger partial charge in [-0.15, -0.1) is 0 Å². The maximum Gasteiger partial charge on any atom is 0.192 e. The predicted octanol–water partition coefficient (Wildman–Crippen LogP) is 6.29. The zero-order valence-corrected chi connectivity index (χ0v) is 27.0. The quantitative estimate of drug-likeness (QED) is 0.324. The van der Waals surface area contributed by atoms with Gasteiger partial charge in [0.1, 0.15) is 5.60 Å². The molecule has 1 aromatic carbocycles. The predicted molar refractivity (Wildman–Crippen MR) is 160 cm³/mol.